The first-order valence-corrected chi connectivity index (χ1v) is 10.1. The number of carbonyl (C=O) groups is 1. The van der Waals surface area contributed by atoms with Gasteiger partial charge in [-0.1, -0.05) is 32.0 Å². The quantitative estimate of drug-likeness (QED) is 0.819. The molecule has 0 spiro atoms. The van der Waals surface area contributed by atoms with E-state index in [9.17, 15) is 4.79 Å². The average molecular weight is 380 g/mol. The van der Waals surface area contributed by atoms with E-state index in [4.69, 9.17) is 9.72 Å². The molecule has 6 heteroatoms. The lowest BCUT2D eigenvalue weighted by atomic mass is 10.0. The molecule has 4 rings (SSSR count). The van der Waals surface area contributed by atoms with E-state index in [1.165, 1.54) is 5.56 Å². The zero-order valence-electron chi connectivity index (χ0n) is 16.9. The van der Waals surface area contributed by atoms with E-state index in [0.29, 0.717) is 18.9 Å². The Hall–Kier alpha value is -2.63. The molecule has 148 valence electrons. The molecule has 28 heavy (non-hydrogen) atoms. The molecule has 1 saturated heterocycles. The Morgan fingerprint density at radius 3 is 2.64 bits per heavy atom. The van der Waals surface area contributed by atoms with Gasteiger partial charge in [0.15, 0.2) is 0 Å². The molecule has 0 unspecified atom stereocenters. The van der Waals surface area contributed by atoms with Crippen molar-refractivity contribution in [1.82, 2.24) is 14.9 Å². The number of nitrogens with zero attached hydrogens (tertiary/aromatic N) is 4. The topological polar surface area (TPSA) is 58.6 Å². The molecule has 0 saturated carbocycles. The Balaban J connectivity index is 1.57. The van der Waals surface area contributed by atoms with Crippen LogP contribution in [0.15, 0.2) is 24.3 Å². The minimum absolute atomic E-state index is 0.259. The van der Waals surface area contributed by atoms with Crippen molar-refractivity contribution in [2.75, 3.05) is 31.1 Å². The van der Waals surface area contributed by atoms with Gasteiger partial charge < -0.3 is 14.5 Å². The maximum atomic E-state index is 12.4. The molecule has 0 N–H and O–H groups in total. The van der Waals surface area contributed by atoms with Crippen molar-refractivity contribution < 1.29 is 9.53 Å². The number of ether oxygens (including phenoxy) is 1. The minimum Gasteiger partial charge on any atom is -0.487 e. The Morgan fingerprint density at radius 1 is 1.14 bits per heavy atom. The molecule has 1 fully saturated rings. The van der Waals surface area contributed by atoms with E-state index in [-0.39, 0.29) is 5.91 Å². The Morgan fingerprint density at radius 2 is 1.89 bits per heavy atom. The third-order valence-corrected chi connectivity index (χ3v) is 5.40. The SMILES string of the molecule is Cc1nc2c(c(N3CCN(C(=O)CC(C)C)CC3)n1)Cc1ccccc1OC2. The highest BCUT2D eigenvalue weighted by atomic mass is 16.5. The van der Waals surface area contributed by atoms with Crippen molar-refractivity contribution in [3.63, 3.8) is 0 Å². The first kappa shape index (κ1) is 18.7. The highest BCUT2D eigenvalue weighted by molar-refractivity contribution is 5.76. The van der Waals surface area contributed by atoms with Crippen molar-refractivity contribution in [1.29, 1.82) is 0 Å². The number of rotatable bonds is 3. The number of fused-ring (bicyclic) bond motifs is 2. The Labute approximate surface area is 166 Å². The monoisotopic (exact) mass is 380 g/mol. The van der Waals surface area contributed by atoms with Crippen molar-refractivity contribution in [2.45, 2.75) is 40.2 Å². The fourth-order valence-corrected chi connectivity index (χ4v) is 3.97. The summed E-state index contributed by atoms with van der Waals surface area (Å²) in [7, 11) is 0. The minimum atomic E-state index is 0.259. The summed E-state index contributed by atoms with van der Waals surface area (Å²) >= 11 is 0. The van der Waals surface area contributed by atoms with Crippen LogP contribution < -0.4 is 9.64 Å². The average Bonchev–Trinajstić information content (AvgIpc) is 2.86. The first-order chi connectivity index (χ1) is 13.5. The number of amides is 1. The molecule has 1 amide bonds. The molecule has 0 aliphatic carbocycles. The smallest absolute Gasteiger partial charge is 0.222 e. The number of carbonyl (C=O) groups excluding carboxylic acids is 1. The number of benzene rings is 1. The predicted octanol–water partition coefficient (Wildman–Crippen LogP) is 2.96. The number of aryl methyl sites for hydroxylation is 1. The van der Waals surface area contributed by atoms with Crippen LogP contribution in [0.5, 0.6) is 5.75 Å². The third-order valence-electron chi connectivity index (χ3n) is 5.40. The molecule has 1 aromatic heterocycles. The first-order valence-electron chi connectivity index (χ1n) is 10.1. The second-order valence-corrected chi connectivity index (χ2v) is 8.06. The van der Waals surface area contributed by atoms with Gasteiger partial charge in [-0.3, -0.25) is 4.79 Å². The predicted molar refractivity (Wildman–Crippen MR) is 109 cm³/mol. The number of para-hydroxylation sites is 1. The second-order valence-electron chi connectivity index (χ2n) is 8.06. The van der Waals surface area contributed by atoms with Crippen molar-refractivity contribution in [3.8, 4) is 5.75 Å². The van der Waals surface area contributed by atoms with Crippen LogP contribution in [0.1, 0.15) is 42.9 Å². The maximum absolute atomic E-state index is 12.4. The van der Waals surface area contributed by atoms with Crippen LogP contribution in [0.4, 0.5) is 5.82 Å². The molecule has 3 heterocycles. The fraction of sp³-hybridized carbons (Fsp3) is 0.500. The number of hydrogen-bond donors (Lipinski definition) is 0. The highest BCUT2D eigenvalue weighted by Crippen LogP contribution is 2.32. The molecule has 1 aromatic carbocycles. The lowest BCUT2D eigenvalue weighted by Gasteiger charge is -2.36. The van der Waals surface area contributed by atoms with Crippen LogP contribution in [0.3, 0.4) is 0 Å². The van der Waals surface area contributed by atoms with Gasteiger partial charge in [-0.25, -0.2) is 9.97 Å². The summed E-state index contributed by atoms with van der Waals surface area (Å²) in [5, 5.41) is 0. The van der Waals surface area contributed by atoms with E-state index in [2.05, 4.69) is 29.8 Å². The summed E-state index contributed by atoms with van der Waals surface area (Å²) < 4.78 is 6.00. The zero-order valence-corrected chi connectivity index (χ0v) is 16.9. The van der Waals surface area contributed by atoms with Crippen LogP contribution >= 0.6 is 0 Å². The lowest BCUT2D eigenvalue weighted by molar-refractivity contribution is -0.132. The van der Waals surface area contributed by atoms with Gasteiger partial charge in [0.2, 0.25) is 5.91 Å². The molecular formula is C22H28N4O2. The highest BCUT2D eigenvalue weighted by Gasteiger charge is 2.27. The van der Waals surface area contributed by atoms with Gasteiger partial charge >= 0.3 is 0 Å². The summed E-state index contributed by atoms with van der Waals surface area (Å²) in [6, 6.07) is 8.16. The molecule has 0 atom stereocenters. The van der Waals surface area contributed by atoms with Gasteiger partial charge in [0.05, 0.1) is 5.69 Å². The zero-order chi connectivity index (χ0) is 19.7. The standard InChI is InChI=1S/C22H28N4O2/c1-15(2)12-21(27)25-8-10-26(11-9-25)22-18-13-17-6-4-5-7-20(17)28-14-19(18)23-16(3)24-22/h4-7,15H,8-14H2,1-3H3. The maximum Gasteiger partial charge on any atom is 0.222 e. The van der Waals surface area contributed by atoms with E-state index in [0.717, 1.165) is 61.2 Å². The number of aromatic nitrogens is 2. The molecule has 0 radical (unpaired) electrons. The summed E-state index contributed by atoms with van der Waals surface area (Å²) in [6.07, 6.45) is 1.39. The van der Waals surface area contributed by atoms with E-state index in [1.54, 1.807) is 0 Å². The number of anilines is 1. The summed E-state index contributed by atoms with van der Waals surface area (Å²) in [4.78, 5) is 26.1. The van der Waals surface area contributed by atoms with Crippen molar-refractivity contribution in [3.05, 3.63) is 46.9 Å². The van der Waals surface area contributed by atoms with Gasteiger partial charge in [0.25, 0.3) is 0 Å². The van der Waals surface area contributed by atoms with Gasteiger partial charge in [-0.15, -0.1) is 0 Å². The number of piperazine rings is 1. The van der Waals surface area contributed by atoms with Gasteiger partial charge in [-0.05, 0) is 24.5 Å². The van der Waals surface area contributed by atoms with Gasteiger partial charge in [-0.2, -0.15) is 0 Å². The summed E-state index contributed by atoms with van der Waals surface area (Å²) in [6.45, 7) is 9.68. The van der Waals surface area contributed by atoms with Gasteiger partial charge in [0, 0.05) is 44.6 Å². The largest absolute Gasteiger partial charge is 0.487 e. The second kappa shape index (κ2) is 7.78. The van der Waals surface area contributed by atoms with Crippen molar-refractivity contribution in [2.24, 2.45) is 5.92 Å². The van der Waals surface area contributed by atoms with Gasteiger partial charge in [0.1, 0.15) is 24.0 Å². The van der Waals surface area contributed by atoms with E-state index >= 15 is 0 Å². The Bertz CT molecular complexity index is 873. The number of hydrogen-bond acceptors (Lipinski definition) is 5. The van der Waals surface area contributed by atoms with E-state index in [1.807, 2.05) is 30.0 Å². The normalized spacial score (nSPS) is 16.3. The van der Waals surface area contributed by atoms with Crippen LogP contribution in [0, 0.1) is 12.8 Å². The lowest BCUT2D eigenvalue weighted by Crippen LogP contribution is -2.49. The molecule has 2 aromatic rings. The van der Waals surface area contributed by atoms with Crippen molar-refractivity contribution >= 4 is 11.7 Å². The van der Waals surface area contributed by atoms with Crippen LogP contribution in [0.2, 0.25) is 0 Å². The molecular weight excluding hydrogens is 352 g/mol. The third kappa shape index (κ3) is 3.81. The summed E-state index contributed by atoms with van der Waals surface area (Å²) in [5.41, 5.74) is 3.29. The van der Waals surface area contributed by atoms with Crippen LogP contribution in [-0.4, -0.2) is 47.0 Å². The Kier molecular flexibility index (Phi) is 5.20. The van der Waals surface area contributed by atoms with Crippen LogP contribution in [0.25, 0.3) is 0 Å². The molecule has 2 aliphatic heterocycles. The molecule has 6 nitrogen and oxygen atoms in total. The molecule has 0 bridgehead atoms. The fourth-order valence-electron chi connectivity index (χ4n) is 3.97. The summed E-state index contributed by atoms with van der Waals surface area (Å²) in [5.74, 6) is 3.34. The van der Waals surface area contributed by atoms with Crippen LogP contribution in [-0.2, 0) is 17.8 Å². The molecule has 2 aliphatic rings. The van der Waals surface area contributed by atoms with E-state index < -0.39 is 0 Å².